The zero-order valence-corrected chi connectivity index (χ0v) is 14.8. The Morgan fingerprint density at radius 2 is 2.00 bits per heavy atom. The number of ether oxygens (including phenoxy) is 1. The summed E-state index contributed by atoms with van der Waals surface area (Å²) in [5.41, 5.74) is 10.8. The van der Waals surface area contributed by atoms with Gasteiger partial charge in [0.05, 0.1) is 6.42 Å². The Morgan fingerprint density at radius 3 is 2.76 bits per heavy atom. The van der Waals surface area contributed by atoms with Gasteiger partial charge in [-0.25, -0.2) is 0 Å². The maximum absolute atomic E-state index is 11.3. The highest BCUT2D eigenvalue weighted by Gasteiger charge is 2.19. The molecule has 25 heavy (non-hydrogen) atoms. The van der Waals surface area contributed by atoms with Crippen LogP contribution in [-0.2, 0) is 17.8 Å². The quantitative estimate of drug-likeness (QED) is 0.913. The average Bonchev–Trinajstić information content (AvgIpc) is 2.72. The number of rotatable bonds is 5. The first-order chi connectivity index (χ1) is 12.0. The second-order valence-corrected chi connectivity index (χ2v) is 6.63. The van der Waals surface area contributed by atoms with E-state index in [0.717, 1.165) is 35.4 Å². The Hall–Kier alpha value is -2.59. The maximum Gasteiger partial charge on any atom is 0.221 e. The number of carbonyl (C=O) groups excluding carboxylic acids is 1. The van der Waals surface area contributed by atoms with Crippen molar-refractivity contribution >= 4 is 11.5 Å². The van der Waals surface area contributed by atoms with Crippen LogP contribution < -0.4 is 10.5 Å². The van der Waals surface area contributed by atoms with E-state index in [1.165, 1.54) is 11.1 Å². The Bertz CT molecular complexity index is 809. The number of hydrogen-bond donors (Lipinski definition) is 1. The summed E-state index contributed by atoms with van der Waals surface area (Å²) in [6.45, 7) is 1.52. The van der Waals surface area contributed by atoms with Gasteiger partial charge < -0.3 is 15.4 Å². The van der Waals surface area contributed by atoms with Gasteiger partial charge in [-0.1, -0.05) is 36.4 Å². The predicted octanol–water partition coefficient (Wildman–Crippen LogP) is 2.99. The van der Waals surface area contributed by atoms with Crippen molar-refractivity contribution in [2.75, 3.05) is 20.6 Å². The minimum Gasteiger partial charge on any atom is -0.488 e. The zero-order chi connectivity index (χ0) is 17.8. The minimum atomic E-state index is -0.326. The molecule has 0 radical (unpaired) electrons. The first-order valence-corrected chi connectivity index (χ1v) is 8.52. The van der Waals surface area contributed by atoms with E-state index in [0.29, 0.717) is 6.61 Å². The fraction of sp³-hybridized carbons (Fsp3) is 0.286. The molecule has 4 heteroatoms. The lowest BCUT2D eigenvalue weighted by Gasteiger charge is -2.13. The van der Waals surface area contributed by atoms with Gasteiger partial charge >= 0.3 is 0 Å². The second kappa shape index (κ2) is 7.53. The van der Waals surface area contributed by atoms with E-state index >= 15 is 0 Å². The van der Waals surface area contributed by atoms with Crippen LogP contribution in [-0.4, -0.2) is 31.4 Å². The third-order valence-electron chi connectivity index (χ3n) is 4.33. The molecular weight excluding hydrogens is 312 g/mol. The molecule has 1 aliphatic rings. The average molecular weight is 336 g/mol. The minimum absolute atomic E-state index is 0.236. The molecule has 0 aliphatic carbocycles. The molecule has 0 saturated heterocycles. The number of primary amides is 1. The van der Waals surface area contributed by atoms with Gasteiger partial charge in [-0.3, -0.25) is 4.79 Å². The van der Waals surface area contributed by atoms with Crippen molar-refractivity contribution in [1.82, 2.24) is 4.90 Å². The Labute approximate surface area is 148 Å². The predicted molar refractivity (Wildman–Crippen MR) is 100 cm³/mol. The molecule has 0 bridgehead atoms. The number of benzene rings is 2. The highest BCUT2D eigenvalue weighted by atomic mass is 16.5. The van der Waals surface area contributed by atoms with Crippen molar-refractivity contribution in [2.45, 2.75) is 19.4 Å². The van der Waals surface area contributed by atoms with Crippen molar-refractivity contribution in [2.24, 2.45) is 5.73 Å². The first-order valence-electron chi connectivity index (χ1n) is 8.52. The smallest absolute Gasteiger partial charge is 0.221 e. The van der Waals surface area contributed by atoms with Crippen molar-refractivity contribution in [3.8, 4) is 5.75 Å². The van der Waals surface area contributed by atoms with Crippen LogP contribution in [0.1, 0.15) is 28.7 Å². The lowest BCUT2D eigenvalue weighted by molar-refractivity contribution is -0.117. The zero-order valence-electron chi connectivity index (χ0n) is 14.8. The van der Waals surface area contributed by atoms with Crippen LogP contribution in [0.15, 0.2) is 48.5 Å². The normalized spacial score (nSPS) is 14.6. The Kier molecular flexibility index (Phi) is 5.19. The molecule has 1 amide bonds. The molecule has 4 nitrogen and oxygen atoms in total. The molecule has 1 heterocycles. The van der Waals surface area contributed by atoms with Gasteiger partial charge in [0.15, 0.2) is 0 Å². The summed E-state index contributed by atoms with van der Waals surface area (Å²) in [7, 11) is 4.14. The van der Waals surface area contributed by atoms with Crippen molar-refractivity contribution in [3.63, 3.8) is 0 Å². The monoisotopic (exact) mass is 336 g/mol. The molecule has 0 atom stereocenters. The SMILES string of the molecule is CN(C)CC/C=C1/c2ccccc2COc2ccc(CC(N)=O)cc21. The van der Waals surface area contributed by atoms with E-state index in [1.54, 1.807) is 0 Å². The van der Waals surface area contributed by atoms with Gasteiger partial charge in [-0.2, -0.15) is 0 Å². The summed E-state index contributed by atoms with van der Waals surface area (Å²) < 4.78 is 6.03. The molecule has 130 valence electrons. The standard InChI is InChI=1S/C21H24N2O2/c1-23(2)11-5-8-18-17-7-4-3-6-16(17)14-25-20-10-9-15(12-19(18)20)13-21(22)24/h3-4,6-10,12H,5,11,13-14H2,1-2H3,(H2,22,24)/b18-8-. The summed E-state index contributed by atoms with van der Waals surface area (Å²) in [6.07, 6.45) is 3.44. The van der Waals surface area contributed by atoms with E-state index in [2.05, 4.69) is 43.3 Å². The van der Waals surface area contributed by atoms with Crippen LogP contribution in [0.2, 0.25) is 0 Å². The molecule has 0 saturated carbocycles. The number of fused-ring (bicyclic) bond motifs is 2. The highest BCUT2D eigenvalue weighted by molar-refractivity contribution is 5.86. The number of carbonyl (C=O) groups is 1. The third kappa shape index (κ3) is 4.09. The Morgan fingerprint density at radius 1 is 1.20 bits per heavy atom. The van der Waals surface area contributed by atoms with E-state index in [9.17, 15) is 4.79 Å². The van der Waals surface area contributed by atoms with Crippen LogP contribution >= 0.6 is 0 Å². The summed E-state index contributed by atoms with van der Waals surface area (Å²) in [5, 5.41) is 0. The fourth-order valence-corrected chi connectivity index (χ4v) is 3.12. The third-order valence-corrected chi connectivity index (χ3v) is 4.33. The molecule has 0 unspecified atom stereocenters. The Balaban J connectivity index is 2.08. The molecule has 2 aromatic rings. The number of amides is 1. The van der Waals surface area contributed by atoms with E-state index < -0.39 is 0 Å². The lowest BCUT2D eigenvalue weighted by atomic mass is 9.92. The molecule has 1 aliphatic heterocycles. The van der Waals surface area contributed by atoms with Crippen molar-refractivity contribution in [3.05, 3.63) is 70.8 Å². The first kappa shape index (κ1) is 17.2. The van der Waals surface area contributed by atoms with E-state index in [4.69, 9.17) is 10.5 Å². The number of nitrogens with two attached hydrogens (primary N) is 1. The van der Waals surface area contributed by atoms with Gasteiger partial charge in [0, 0.05) is 12.1 Å². The van der Waals surface area contributed by atoms with E-state index in [1.807, 2.05) is 24.3 Å². The topological polar surface area (TPSA) is 55.6 Å². The van der Waals surface area contributed by atoms with Gasteiger partial charge in [0.1, 0.15) is 12.4 Å². The van der Waals surface area contributed by atoms with Crippen LogP contribution in [0.5, 0.6) is 5.75 Å². The molecule has 3 rings (SSSR count). The summed E-state index contributed by atoms with van der Waals surface area (Å²) in [5.74, 6) is 0.522. The second-order valence-electron chi connectivity index (χ2n) is 6.63. The lowest BCUT2D eigenvalue weighted by Crippen LogP contribution is -2.13. The summed E-state index contributed by atoms with van der Waals surface area (Å²) in [4.78, 5) is 13.5. The molecule has 0 spiro atoms. The van der Waals surface area contributed by atoms with Crippen molar-refractivity contribution in [1.29, 1.82) is 0 Å². The largest absolute Gasteiger partial charge is 0.488 e. The van der Waals surface area contributed by atoms with E-state index in [-0.39, 0.29) is 12.3 Å². The van der Waals surface area contributed by atoms with Gasteiger partial charge in [-0.05, 0) is 54.9 Å². The van der Waals surface area contributed by atoms with Crippen LogP contribution in [0.3, 0.4) is 0 Å². The van der Waals surface area contributed by atoms with Gasteiger partial charge in [-0.15, -0.1) is 0 Å². The fourth-order valence-electron chi connectivity index (χ4n) is 3.12. The highest BCUT2D eigenvalue weighted by Crippen LogP contribution is 2.37. The molecule has 0 fully saturated rings. The number of hydrogen-bond acceptors (Lipinski definition) is 3. The van der Waals surface area contributed by atoms with Crippen molar-refractivity contribution < 1.29 is 9.53 Å². The van der Waals surface area contributed by atoms with Crippen LogP contribution in [0.25, 0.3) is 5.57 Å². The molecule has 2 aromatic carbocycles. The summed E-state index contributed by atoms with van der Waals surface area (Å²) >= 11 is 0. The maximum atomic E-state index is 11.3. The van der Waals surface area contributed by atoms with Gasteiger partial charge in [0.2, 0.25) is 5.91 Å². The van der Waals surface area contributed by atoms with Crippen LogP contribution in [0, 0.1) is 0 Å². The molecule has 0 aromatic heterocycles. The summed E-state index contributed by atoms with van der Waals surface area (Å²) in [6, 6.07) is 14.2. The van der Waals surface area contributed by atoms with Gasteiger partial charge in [0.25, 0.3) is 0 Å². The molecule has 2 N–H and O–H groups in total. The van der Waals surface area contributed by atoms with Crippen LogP contribution in [0.4, 0.5) is 0 Å². The number of nitrogens with zero attached hydrogens (tertiary/aromatic N) is 1. The molecular formula is C21H24N2O2.